The summed E-state index contributed by atoms with van der Waals surface area (Å²) in [6.07, 6.45) is 6.20. The van der Waals surface area contributed by atoms with E-state index in [4.69, 9.17) is 4.74 Å². The lowest BCUT2D eigenvalue weighted by Crippen LogP contribution is -2.29. The van der Waals surface area contributed by atoms with E-state index < -0.39 is 0 Å². The van der Waals surface area contributed by atoms with Gasteiger partial charge in [0.1, 0.15) is 12.1 Å². The summed E-state index contributed by atoms with van der Waals surface area (Å²) in [6, 6.07) is 1.75. The van der Waals surface area contributed by atoms with Gasteiger partial charge in [0.25, 0.3) is 0 Å². The van der Waals surface area contributed by atoms with E-state index >= 15 is 0 Å². The fourth-order valence-electron chi connectivity index (χ4n) is 3.19. The van der Waals surface area contributed by atoms with Gasteiger partial charge in [-0.05, 0) is 37.0 Å². The van der Waals surface area contributed by atoms with Crippen LogP contribution in [0.15, 0.2) is 12.4 Å². The maximum absolute atomic E-state index is 12.4. The molecule has 1 aromatic heterocycles. The lowest BCUT2D eigenvalue weighted by atomic mass is 9.69. The minimum atomic E-state index is 0.199. The second-order valence-corrected chi connectivity index (χ2v) is 7.11. The van der Waals surface area contributed by atoms with Crippen LogP contribution in [0.2, 0.25) is 0 Å². The molecule has 1 heterocycles. The number of hydrogen-bond acceptors (Lipinski definition) is 4. The van der Waals surface area contributed by atoms with Gasteiger partial charge in [-0.1, -0.05) is 20.8 Å². The zero-order valence-electron chi connectivity index (χ0n) is 13.6. The van der Waals surface area contributed by atoms with E-state index in [1.165, 1.54) is 6.33 Å². The number of methoxy groups -OCH3 is 1. The molecule has 4 nitrogen and oxygen atoms in total. The third-order valence-corrected chi connectivity index (χ3v) is 4.67. The Morgan fingerprint density at radius 1 is 1.24 bits per heavy atom. The van der Waals surface area contributed by atoms with Gasteiger partial charge in [0.15, 0.2) is 0 Å². The largest absolute Gasteiger partial charge is 0.481 e. The van der Waals surface area contributed by atoms with Gasteiger partial charge in [0.2, 0.25) is 5.88 Å². The zero-order chi connectivity index (χ0) is 15.5. The molecule has 0 aliphatic heterocycles. The molecule has 0 N–H and O–H groups in total. The van der Waals surface area contributed by atoms with Crippen LogP contribution < -0.4 is 4.74 Å². The summed E-state index contributed by atoms with van der Waals surface area (Å²) in [4.78, 5) is 20.6. The highest BCUT2D eigenvalue weighted by molar-refractivity contribution is 5.83. The van der Waals surface area contributed by atoms with Crippen molar-refractivity contribution in [3.63, 3.8) is 0 Å². The maximum Gasteiger partial charge on any atom is 0.216 e. The van der Waals surface area contributed by atoms with Crippen molar-refractivity contribution in [2.75, 3.05) is 7.11 Å². The molecule has 1 aliphatic rings. The standard InChI is InChI=1S/C17H26N2O2/c1-17(2,3)13-7-5-12(6-8-13)15(20)9-14-10-16(21-4)19-11-18-14/h10-13H,5-9H2,1-4H3. The van der Waals surface area contributed by atoms with Crippen molar-refractivity contribution in [2.24, 2.45) is 17.3 Å². The smallest absolute Gasteiger partial charge is 0.216 e. The highest BCUT2D eigenvalue weighted by atomic mass is 16.5. The number of carbonyl (C=O) groups excluding carboxylic acids is 1. The van der Waals surface area contributed by atoms with Gasteiger partial charge in [-0.25, -0.2) is 9.97 Å². The summed E-state index contributed by atoms with van der Waals surface area (Å²) in [5, 5.41) is 0. The van der Waals surface area contributed by atoms with E-state index in [1.54, 1.807) is 13.2 Å². The van der Waals surface area contributed by atoms with Crippen LogP contribution in [0, 0.1) is 17.3 Å². The molecule has 0 radical (unpaired) electrons. The Kier molecular flexibility index (Phi) is 4.96. The number of aromatic nitrogens is 2. The van der Waals surface area contributed by atoms with Crippen molar-refractivity contribution in [3.05, 3.63) is 18.1 Å². The molecule has 2 rings (SSSR count). The van der Waals surface area contributed by atoms with Crippen LogP contribution in [-0.2, 0) is 11.2 Å². The lowest BCUT2D eigenvalue weighted by Gasteiger charge is -2.36. The Bertz CT molecular complexity index is 486. The van der Waals surface area contributed by atoms with Gasteiger partial charge in [-0.15, -0.1) is 0 Å². The molecule has 1 aromatic rings. The van der Waals surface area contributed by atoms with E-state index in [9.17, 15) is 4.79 Å². The Balaban J connectivity index is 1.90. The Morgan fingerprint density at radius 3 is 2.48 bits per heavy atom. The summed E-state index contributed by atoms with van der Waals surface area (Å²) in [5.41, 5.74) is 1.11. The van der Waals surface area contributed by atoms with E-state index in [0.717, 1.165) is 37.3 Å². The molecule has 0 unspecified atom stereocenters. The molecule has 0 atom stereocenters. The zero-order valence-corrected chi connectivity index (χ0v) is 13.6. The Morgan fingerprint density at radius 2 is 1.90 bits per heavy atom. The van der Waals surface area contributed by atoms with E-state index in [0.29, 0.717) is 23.5 Å². The second-order valence-electron chi connectivity index (χ2n) is 7.11. The second kappa shape index (κ2) is 6.54. The SMILES string of the molecule is COc1cc(CC(=O)C2CCC(C(C)(C)C)CC2)ncn1. The normalized spacial score (nSPS) is 22.9. The fourth-order valence-corrected chi connectivity index (χ4v) is 3.19. The molecule has 0 bridgehead atoms. The average Bonchev–Trinajstić information content (AvgIpc) is 2.46. The number of Topliss-reactive ketones (excluding diaryl/α,β-unsaturated/α-hetero) is 1. The van der Waals surface area contributed by atoms with Crippen molar-refractivity contribution < 1.29 is 9.53 Å². The average molecular weight is 290 g/mol. The molecule has 0 amide bonds. The Labute approximate surface area is 127 Å². The van der Waals surface area contributed by atoms with Crippen LogP contribution in [0.5, 0.6) is 5.88 Å². The predicted octanol–water partition coefficient (Wildman–Crippen LogP) is 3.45. The fraction of sp³-hybridized carbons (Fsp3) is 0.706. The van der Waals surface area contributed by atoms with Gasteiger partial charge in [-0.2, -0.15) is 0 Å². The molecule has 0 saturated heterocycles. The molecule has 116 valence electrons. The summed E-state index contributed by atoms with van der Waals surface area (Å²) in [7, 11) is 1.57. The molecular formula is C17H26N2O2. The summed E-state index contributed by atoms with van der Waals surface area (Å²) in [5.74, 6) is 1.76. The van der Waals surface area contributed by atoms with Crippen LogP contribution in [0.3, 0.4) is 0 Å². The number of nitrogens with zero attached hydrogens (tertiary/aromatic N) is 2. The highest BCUT2D eigenvalue weighted by Crippen LogP contribution is 2.40. The monoisotopic (exact) mass is 290 g/mol. The predicted molar refractivity (Wildman–Crippen MR) is 82.2 cm³/mol. The lowest BCUT2D eigenvalue weighted by molar-refractivity contribution is -0.123. The Hall–Kier alpha value is -1.45. The van der Waals surface area contributed by atoms with Crippen LogP contribution >= 0.6 is 0 Å². The molecule has 0 spiro atoms. The molecule has 1 saturated carbocycles. The van der Waals surface area contributed by atoms with Crippen LogP contribution in [0.4, 0.5) is 0 Å². The summed E-state index contributed by atoms with van der Waals surface area (Å²) < 4.78 is 5.07. The van der Waals surface area contributed by atoms with Gasteiger partial charge >= 0.3 is 0 Å². The molecule has 0 aromatic carbocycles. The third-order valence-electron chi connectivity index (χ3n) is 4.67. The first-order valence-electron chi connectivity index (χ1n) is 7.77. The van der Waals surface area contributed by atoms with Crippen LogP contribution in [0.1, 0.15) is 52.1 Å². The third kappa shape index (κ3) is 4.26. The molecule has 1 aliphatic carbocycles. The molecule has 4 heteroatoms. The molecule has 1 fully saturated rings. The topological polar surface area (TPSA) is 52.1 Å². The van der Waals surface area contributed by atoms with Crippen LogP contribution in [0.25, 0.3) is 0 Å². The van der Waals surface area contributed by atoms with Crippen molar-refractivity contribution in [1.29, 1.82) is 0 Å². The minimum Gasteiger partial charge on any atom is -0.481 e. The van der Waals surface area contributed by atoms with Gasteiger partial charge in [0, 0.05) is 18.4 Å². The first kappa shape index (κ1) is 15.9. The first-order chi connectivity index (χ1) is 9.90. The number of ketones is 1. The minimum absolute atomic E-state index is 0.199. The number of hydrogen-bond donors (Lipinski definition) is 0. The highest BCUT2D eigenvalue weighted by Gasteiger charge is 2.32. The van der Waals surface area contributed by atoms with E-state index in [2.05, 4.69) is 30.7 Å². The number of carbonyl (C=O) groups is 1. The van der Waals surface area contributed by atoms with Crippen molar-refractivity contribution in [2.45, 2.75) is 52.9 Å². The van der Waals surface area contributed by atoms with E-state index in [-0.39, 0.29) is 5.92 Å². The number of rotatable bonds is 4. The van der Waals surface area contributed by atoms with Gasteiger partial charge in [0.05, 0.1) is 12.8 Å². The van der Waals surface area contributed by atoms with Crippen molar-refractivity contribution >= 4 is 5.78 Å². The number of ether oxygens (including phenoxy) is 1. The molecule has 21 heavy (non-hydrogen) atoms. The van der Waals surface area contributed by atoms with Crippen molar-refractivity contribution in [1.82, 2.24) is 9.97 Å². The molecular weight excluding hydrogens is 264 g/mol. The van der Waals surface area contributed by atoms with E-state index in [1.807, 2.05) is 0 Å². The van der Waals surface area contributed by atoms with Crippen LogP contribution in [-0.4, -0.2) is 22.9 Å². The first-order valence-corrected chi connectivity index (χ1v) is 7.77. The van der Waals surface area contributed by atoms with Crippen molar-refractivity contribution in [3.8, 4) is 5.88 Å². The van der Waals surface area contributed by atoms with Gasteiger partial charge in [-0.3, -0.25) is 4.79 Å². The maximum atomic E-state index is 12.4. The quantitative estimate of drug-likeness (QED) is 0.852. The summed E-state index contributed by atoms with van der Waals surface area (Å²) in [6.45, 7) is 6.90. The summed E-state index contributed by atoms with van der Waals surface area (Å²) >= 11 is 0. The van der Waals surface area contributed by atoms with Gasteiger partial charge < -0.3 is 4.74 Å².